The number of carbonyl (C=O) groups is 1. The molecule has 0 aliphatic carbocycles. The molecule has 0 bridgehead atoms. The largest absolute Gasteiger partial charge is 0.488 e. The lowest BCUT2D eigenvalue weighted by atomic mass is 9.97. The van der Waals surface area contributed by atoms with Crippen molar-refractivity contribution in [3.63, 3.8) is 0 Å². The summed E-state index contributed by atoms with van der Waals surface area (Å²) in [5.41, 5.74) is 4.23. The lowest BCUT2D eigenvalue weighted by Crippen LogP contribution is -2.19. The molecule has 1 fully saturated rings. The maximum Gasteiger partial charge on any atom is 0.307 e. The van der Waals surface area contributed by atoms with Crippen molar-refractivity contribution in [1.29, 1.82) is 0 Å². The normalized spacial score (nSPS) is 18.2. The van der Waals surface area contributed by atoms with E-state index in [0.717, 1.165) is 29.8 Å². The van der Waals surface area contributed by atoms with Crippen molar-refractivity contribution >= 4 is 22.9 Å². The molecule has 2 aliphatic heterocycles. The number of thiophene rings is 1. The molecule has 0 unspecified atom stereocenters. The Balaban J connectivity index is 1.67. The van der Waals surface area contributed by atoms with E-state index >= 15 is 0 Å². The third-order valence-corrected chi connectivity index (χ3v) is 6.05. The van der Waals surface area contributed by atoms with Crippen LogP contribution in [0.2, 0.25) is 0 Å². The summed E-state index contributed by atoms with van der Waals surface area (Å²) in [6, 6.07) is 7.88. The molecule has 3 heterocycles. The van der Waals surface area contributed by atoms with Crippen LogP contribution in [-0.4, -0.2) is 35.6 Å². The zero-order valence-corrected chi connectivity index (χ0v) is 15.6. The van der Waals surface area contributed by atoms with Gasteiger partial charge in [0.1, 0.15) is 12.4 Å². The molecule has 1 saturated heterocycles. The van der Waals surface area contributed by atoms with E-state index in [9.17, 15) is 4.79 Å². The van der Waals surface area contributed by atoms with Gasteiger partial charge in [-0.1, -0.05) is 12.1 Å². The molecule has 4 nitrogen and oxygen atoms in total. The Morgan fingerprint density at radius 3 is 2.92 bits per heavy atom. The molecule has 136 valence electrons. The summed E-state index contributed by atoms with van der Waals surface area (Å²) < 4.78 is 6.01. The minimum atomic E-state index is -0.809. The predicted octanol–water partition coefficient (Wildman–Crippen LogP) is 4.19. The third kappa shape index (κ3) is 3.69. The third-order valence-electron chi connectivity index (χ3n) is 5.06. The first-order valence-corrected chi connectivity index (χ1v) is 10.1. The highest BCUT2D eigenvalue weighted by Crippen LogP contribution is 2.40. The molecule has 1 N–H and O–H groups in total. The van der Waals surface area contributed by atoms with Gasteiger partial charge in [-0.3, -0.25) is 4.79 Å². The lowest BCUT2D eigenvalue weighted by molar-refractivity contribution is -0.136. The second kappa shape index (κ2) is 7.64. The van der Waals surface area contributed by atoms with Crippen molar-refractivity contribution < 1.29 is 14.6 Å². The fourth-order valence-corrected chi connectivity index (χ4v) is 4.73. The summed E-state index contributed by atoms with van der Waals surface area (Å²) in [6.07, 6.45) is 5.95. The number of ether oxygens (including phenoxy) is 1. The first-order valence-electron chi connectivity index (χ1n) is 9.18. The zero-order chi connectivity index (χ0) is 17.9. The number of fused-ring (bicyclic) bond motifs is 2. The van der Waals surface area contributed by atoms with E-state index in [1.165, 1.54) is 41.9 Å². The van der Waals surface area contributed by atoms with E-state index in [1.54, 1.807) is 11.3 Å². The molecule has 0 saturated carbocycles. The van der Waals surface area contributed by atoms with Gasteiger partial charge < -0.3 is 14.7 Å². The van der Waals surface area contributed by atoms with Crippen LogP contribution >= 0.6 is 11.3 Å². The van der Waals surface area contributed by atoms with Gasteiger partial charge in [-0.05, 0) is 67.1 Å². The van der Waals surface area contributed by atoms with Gasteiger partial charge in [-0.25, -0.2) is 0 Å². The number of hydrogen-bond donors (Lipinski definition) is 1. The van der Waals surface area contributed by atoms with E-state index in [-0.39, 0.29) is 6.42 Å². The van der Waals surface area contributed by atoms with E-state index in [2.05, 4.69) is 22.4 Å². The fraction of sp³-hybridized carbons (Fsp3) is 0.381. The van der Waals surface area contributed by atoms with Crippen molar-refractivity contribution in [3.8, 4) is 5.75 Å². The molecule has 0 radical (unpaired) electrons. The molecule has 1 aromatic carbocycles. The summed E-state index contributed by atoms with van der Waals surface area (Å²) >= 11 is 1.73. The van der Waals surface area contributed by atoms with Crippen molar-refractivity contribution in [2.75, 3.05) is 19.6 Å². The first kappa shape index (κ1) is 17.3. The smallest absolute Gasteiger partial charge is 0.307 e. The van der Waals surface area contributed by atoms with Crippen LogP contribution in [-0.2, 0) is 17.8 Å². The van der Waals surface area contributed by atoms with Gasteiger partial charge >= 0.3 is 5.97 Å². The van der Waals surface area contributed by atoms with E-state index in [1.807, 2.05) is 18.2 Å². The molecule has 5 heteroatoms. The minimum absolute atomic E-state index is 0.0334. The van der Waals surface area contributed by atoms with Gasteiger partial charge in [0.05, 0.1) is 6.42 Å². The van der Waals surface area contributed by atoms with Crippen LogP contribution in [0, 0.1) is 0 Å². The number of nitrogens with zero attached hydrogens (tertiary/aromatic N) is 1. The highest BCUT2D eigenvalue weighted by molar-refractivity contribution is 7.11. The molecule has 4 rings (SSSR count). The SMILES string of the molecule is O=C(O)Cc1ccc2c(c1)C(=CCCN1CCCC1)c1sccc1CO2. The average Bonchev–Trinajstić information content (AvgIpc) is 3.27. The molecule has 2 aromatic rings. The van der Waals surface area contributed by atoms with E-state index in [4.69, 9.17) is 9.84 Å². The van der Waals surface area contributed by atoms with Gasteiger partial charge in [0.2, 0.25) is 0 Å². The summed E-state index contributed by atoms with van der Waals surface area (Å²) in [5, 5.41) is 11.2. The number of likely N-dealkylation sites (tertiary alicyclic amines) is 1. The molecule has 26 heavy (non-hydrogen) atoms. The first-order chi connectivity index (χ1) is 12.7. The van der Waals surface area contributed by atoms with Crippen molar-refractivity contribution in [2.45, 2.75) is 32.3 Å². The molecule has 0 spiro atoms. The van der Waals surface area contributed by atoms with Gasteiger partial charge in [0.15, 0.2) is 0 Å². The number of aliphatic carboxylic acids is 1. The van der Waals surface area contributed by atoms with Crippen LogP contribution in [0.5, 0.6) is 5.75 Å². The molecule has 1 aromatic heterocycles. The van der Waals surface area contributed by atoms with Crippen LogP contribution in [0.15, 0.2) is 35.7 Å². The Hall–Kier alpha value is -2.11. The zero-order valence-electron chi connectivity index (χ0n) is 14.7. The Morgan fingerprint density at radius 2 is 2.12 bits per heavy atom. The van der Waals surface area contributed by atoms with Crippen molar-refractivity contribution in [2.24, 2.45) is 0 Å². The number of hydrogen-bond acceptors (Lipinski definition) is 4. The second-order valence-electron chi connectivity index (χ2n) is 6.92. The maximum absolute atomic E-state index is 11.1. The Morgan fingerprint density at radius 1 is 1.27 bits per heavy atom. The molecule has 2 aliphatic rings. The van der Waals surface area contributed by atoms with Crippen LogP contribution in [0.25, 0.3) is 5.57 Å². The fourth-order valence-electron chi connectivity index (χ4n) is 3.76. The van der Waals surface area contributed by atoms with Crippen LogP contribution in [0.1, 0.15) is 40.8 Å². The molecule has 0 amide bonds. The minimum Gasteiger partial charge on any atom is -0.488 e. The maximum atomic E-state index is 11.1. The highest BCUT2D eigenvalue weighted by atomic mass is 32.1. The van der Waals surface area contributed by atoms with Crippen molar-refractivity contribution in [1.82, 2.24) is 4.90 Å². The van der Waals surface area contributed by atoms with Crippen LogP contribution < -0.4 is 4.74 Å². The Bertz CT molecular complexity index is 834. The summed E-state index contributed by atoms with van der Waals surface area (Å²) in [4.78, 5) is 14.9. The lowest BCUT2D eigenvalue weighted by Gasteiger charge is -2.14. The molecular formula is C21H23NO3S. The molecular weight excluding hydrogens is 346 g/mol. The second-order valence-corrected chi connectivity index (χ2v) is 7.84. The number of carboxylic acids is 1. The highest BCUT2D eigenvalue weighted by Gasteiger charge is 2.21. The van der Waals surface area contributed by atoms with Gasteiger partial charge in [0.25, 0.3) is 0 Å². The predicted molar refractivity (Wildman–Crippen MR) is 104 cm³/mol. The summed E-state index contributed by atoms with van der Waals surface area (Å²) in [6.45, 7) is 4.05. The van der Waals surface area contributed by atoms with Crippen molar-refractivity contribution in [3.05, 3.63) is 57.3 Å². The Labute approximate surface area is 157 Å². The number of rotatable bonds is 5. The Kier molecular flexibility index (Phi) is 5.09. The van der Waals surface area contributed by atoms with E-state index < -0.39 is 5.97 Å². The number of benzene rings is 1. The average molecular weight is 369 g/mol. The standard InChI is InChI=1S/C21H23NO3S/c23-20(24)13-15-5-6-19-18(12-15)17(4-3-10-22-8-1-2-9-22)21-16(14-25-19)7-11-26-21/h4-7,11-12H,1-3,8-10,13-14H2,(H,23,24). The van der Waals surface area contributed by atoms with Crippen LogP contribution in [0.4, 0.5) is 0 Å². The summed E-state index contributed by atoms with van der Waals surface area (Å²) in [5.74, 6) is 0.0332. The quantitative estimate of drug-likeness (QED) is 0.859. The number of carboxylic acid groups (broad SMARTS) is 1. The van der Waals surface area contributed by atoms with Gasteiger partial charge in [0, 0.05) is 22.5 Å². The molecule has 0 atom stereocenters. The topological polar surface area (TPSA) is 49.8 Å². The summed E-state index contributed by atoms with van der Waals surface area (Å²) in [7, 11) is 0. The van der Waals surface area contributed by atoms with Gasteiger partial charge in [-0.15, -0.1) is 11.3 Å². The van der Waals surface area contributed by atoms with Gasteiger partial charge in [-0.2, -0.15) is 0 Å². The monoisotopic (exact) mass is 369 g/mol. The van der Waals surface area contributed by atoms with Crippen LogP contribution in [0.3, 0.4) is 0 Å². The van der Waals surface area contributed by atoms with E-state index in [0.29, 0.717) is 6.61 Å².